The number of hydrogen-bond acceptors (Lipinski definition) is 3. The number of nitrogens with one attached hydrogen (secondary N) is 1. The number of nitrogens with zero attached hydrogens (tertiary/aromatic N) is 1. The highest BCUT2D eigenvalue weighted by Crippen LogP contribution is 2.30. The fraction of sp³-hybridized carbons (Fsp3) is 0.350. The maximum absolute atomic E-state index is 12.3. The van der Waals surface area contributed by atoms with Crippen molar-refractivity contribution in [1.82, 2.24) is 0 Å². The van der Waals surface area contributed by atoms with Crippen molar-refractivity contribution in [2.75, 3.05) is 16.8 Å². The molecule has 0 saturated carbocycles. The van der Waals surface area contributed by atoms with E-state index in [1.807, 2.05) is 32.0 Å². The van der Waals surface area contributed by atoms with Crippen LogP contribution in [0.3, 0.4) is 0 Å². The number of fused-ring (bicyclic) bond motifs is 1. The lowest BCUT2D eigenvalue weighted by Crippen LogP contribution is -2.34. The zero-order valence-corrected chi connectivity index (χ0v) is 16.8. The Balaban J connectivity index is 0.00000169. The zero-order chi connectivity index (χ0) is 17.1. The summed E-state index contributed by atoms with van der Waals surface area (Å²) < 4.78 is 0. The van der Waals surface area contributed by atoms with Crippen molar-refractivity contribution >= 4 is 42.1 Å². The summed E-state index contributed by atoms with van der Waals surface area (Å²) >= 11 is 0. The van der Waals surface area contributed by atoms with Gasteiger partial charge in [-0.3, -0.25) is 4.79 Å². The first-order chi connectivity index (χ1) is 11.6. The first kappa shape index (κ1) is 22.3. The van der Waals surface area contributed by atoms with Crippen LogP contribution in [-0.2, 0) is 17.8 Å². The Labute approximate surface area is 168 Å². The van der Waals surface area contributed by atoms with Gasteiger partial charge in [0.05, 0.1) is 5.92 Å². The van der Waals surface area contributed by atoms with Crippen molar-refractivity contribution in [1.29, 1.82) is 0 Å². The molecule has 0 fully saturated rings. The van der Waals surface area contributed by atoms with Crippen molar-refractivity contribution in [3.05, 3.63) is 59.7 Å². The van der Waals surface area contributed by atoms with E-state index in [9.17, 15) is 4.79 Å². The molecule has 1 aliphatic rings. The Morgan fingerprint density at radius 3 is 2.50 bits per heavy atom. The first-order valence-electron chi connectivity index (χ1n) is 8.53. The van der Waals surface area contributed by atoms with Gasteiger partial charge < -0.3 is 16.0 Å². The number of carbonyl (C=O) groups excluding carboxylic acids is 1. The first-order valence-corrected chi connectivity index (χ1v) is 8.53. The standard InChI is InChI=1S/C20H25N3O.2ClH/c1-14(15(2)21)20(24)22-18-9-5-3-8-17(18)13-23-12-11-16-7-4-6-10-19(16)23;;/h3-10,14-15H,11-13,21H2,1-2H3,(H,22,24);2*1H. The molecule has 0 saturated heterocycles. The number of rotatable bonds is 5. The van der Waals surface area contributed by atoms with Gasteiger partial charge in [0.15, 0.2) is 0 Å². The minimum atomic E-state index is -0.217. The van der Waals surface area contributed by atoms with Crippen LogP contribution in [0.4, 0.5) is 11.4 Å². The number of hydrogen-bond donors (Lipinski definition) is 2. The van der Waals surface area contributed by atoms with Crippen molar-refractivity contribution < 1.29 is 4.79 Å². The lowest BCUT2D eigenvalue weighted by atomic mass is 10.0. The number of halogens is 2. The molecule has 2 aromatic carbocycles. The van der Waals surface area contributed by atoms with Crippen LogP contribution in [0, 0.1) is 5.92 Å². The van der Waals surface area contributed by atoms with Crippen molar-refractivity contribution in [3.63, 3.8) is 0 Å². The summed E-state index contributed by atoms with van der Waals surface area (Å²) in [6.07, 6.45) is 1.08. The van der Waals surface area contributed by atoms with Gasteiger partial charge in [0.25, 0.3) is 0 Å². The van der Waals surface area contributed by atoms with E-state index in [0.717, 1.165) is 30.8 Å². The van der Waals surface area contributed by atoms with Gasteiger partial charge in [0, 0.05) is 30.5 Å². The van der Waals surface area contributed by atoms with Crippen LogP contribution in [-0.4, -0.2) is 18.5 Å². The Morgan fingerprint density at radius 1 is 1.12 bits per heavy atom. The molecule has 2 aromatic rings. The maximum atomic E-state index is 12.3. The largest absolute Gasteiger partial charge is 0.367 e. The van der Waals surface area contributed by atoms with Crippen molar-refractivity contribution in [3.8, 4) is 0 Å². The minimum absolute atomic E-state index is 0. The van der Waals surface area contributed by atoms with Gasteiger partial charge in [0.2, 0.25) is 5.91 Å². The average Bonchev–Trinajstić information content (AvgIpc) is 2.99. The molecule has 26 heavy (non-hydrogen) atoms. The van der Waals surface area contributed by atoms with Crippen LogP contribution in [0.5, 0.6) is 0 Å². The molecular weight excluding hydrogens is 369 g/mol. The fourth-order valence-electron chi connectivity index (χ4n) is 3.04. The van der Waals surface area contributed by atoms with Crippen LogP contribution in [0.25, 0.3) is 0 Å². The molecule has 1 aliphatic heterocycles. The lowest BCUT2D eigenvalue weighted by Gasteiger charge is -2.22. The van der Waals surface area contributed by atoms with Gasteiger partial charge in [-0.15, -0.1) is 24.8 Å². The van der Waals surface area contributed by atoms with Gasteiger partial charge in [-0.2, -0.15) is 0 Å². The number of benzene rings is 2. The number of carbonyl (C=O) groups is 1. The van der Waals surface area contributed by atoms with Crippen LogP contribution in [0.2, 0.25) is 0 Å². The summed E-state index contributed by atoms with van der Waals surface area (Å²) in [6, 6.07) is 16.4. The minimum Gasteiger partial charge on any atom is -0.367 e. The Hall–Kier alpha value is -1.75. The molecule has 2 unspecified atom stereocenters. The van der Waals surface area contributed by atoms with Gasteiger partial charge in [-0.05, 0) is 36.6 Å². The SMILES string of the molecule is CC(N)C(C)C(=O)Nc1ccccc1CN1CCc2ccccc21.Cl.Cl. The molecule has 0 spiro atoms. The highest BCUT2D eigenvalue weighted by Gasteiger charge is 2.21. The fourth-order valence-corrected chi connectivity index (χ4v) is 3.04. The Bertz CT molecular complexity index is 737. The van der Waals surface area contributed by atoms with Gasteiger partial charge >= 0.3 is 0 Å². The Morgan fingerprint density at radius 2 is 1.77 bits per heavy atom. The molecule has 1 heterocycles. The van der Waals surface area contributed by atoms with Crippen LogP contribution in [0.1, 0.15) is 25.0 Å². The molecule has 142 valence electrons. The van der Waals surface area contributed by atoms with Crippen molar-refractivity contribution in [2.24, 2.45) is 11.7 Å². The Kier molecular flexibility index (Phi) is 8.41. The van der Waals surface area contributed by atoms with E-state index in [0.29, 0.717) is 0 Å². The second-order valence-electron chi connectivity index (χ2n) is 6.59. The molecule has 6 heteroatoms. The highest BCUT2D eigenvalue weighted by molar-refractivity contribution is 5.93. The van der Waals surface area contributed by atoms with Crippen LogP contribution >= 0.6 is 24.8 Å². The lowest BCUT2D eigenvalue weighted by molar-refractivity contribution is -0.119. The normalized spacial score (nSPS) is 14.5. The topological polar surface area (TPSA) is 58.4 Å². The molecular formula is C20H27Cl2N3O. The number of nitrogens with two attached hydrogens (primary N) is 1. The summed E-state index contributed by atoms with van der Waals surface area (Å²) in [5.74, 6) is -0.246. The quantitative estimate of drug-likeness (QED) is 0.803. The number of para-hydroxylation sites is 2. The predicted molar refractivity (Wildman–Crippen MR) is 114 cm³/mol. The summed E-state index contributed by atoms with van der Waals surface area (Å²) in [6.45, 7) is 5.52. The van der Waals surface area contributed by atoms with Crippen LogP contribution in [0.15, 0.2) is 48.5 Å². The smallest absolute Gasteiger partial charge is 0.228 e. The third-order valence-electron chi connectivity index (χ3n) is 4.82. The van der Waals surface area contributed by atoms with Crippen molar-refractivity contribution in [2.45, 2.75) is 32.9 Å². The van der Waals surface area contributed by atoms with E-state index in [1.54, 1.807) is 0 Å². The van der Waals surface area contributed by atoms with E-state index < -0.39 is 0 Å². The van der Waals surface area contributed by atoms with Gasteiger partial charge in [0.1, 0.15) is 0 Å². The molecule has 2 atom stereocenters. The second-order valence-corrected chi connectivity index (χ2v) is 6.59. The average molecular weight is 396 g/mol. The molecule has 0 aromatic heterocycles. The second kappa shape index (κ2) is 9.81. The molecule has 0 aliphatic carbocycles. The van der Waals surface area contributed by atoms with E-state index in [2.05, 4.69) is 40.5 Å². The molecule has 3 rings (SSSR count). The maximum Gasteiger partial charge on any atom is 0.228 e. The predicted octanol–water partition coefficient (Wildman–Crippen LogP) is 4.01. The summed E-state index contributed by atoms with van der Waals surface area (Å²) in [5, 5.41) is 3.04. The molecule has 4 nitrogen and oxygen atoms in total. The summed E-state index contributed by atoms with van der Waals surface area (Å²) in [4.78, 5) is 14.7. The molecule has 3 N–H and O–H groups in total. The molecule has 0 bridgehead atoms. The van der Waals surface area contributed by atoms with E-state index in [4.69, 9.17) is 5.73 Å². The molecule has 1 amide bonds. The summed E-state index contributed by atoms with van der Waals surface area (Å²) in [5.41, 5.74) is 10.5. The van der Waals surface area contributed by atoms with Gasteiger partial charge in [-0.1, -0.05) is 43.3 Å². The van der Waals surface area contributed by atoms with E-state index in [-0.39, 0.29) is 42.7 Å². The van der Waals surface area contributed by atoms with Crippen LogP contribution < -0.4 is 16.0 Å². The number of anilines is 2. The third kappa shape index (κ3) is 4.91. The third-order valence-corrected chi connectivity index (χ3v) is 4.82. The summed E-state index contributed by atoms with van der Waals surface area (Å²) in [7, 11) is 0. The molecule has 0 radical (unpaired) electrons. The monoisotopic (exact) mass is 395 g/mol. The van der Waals surface area contributed by atoms with E-state index >= 15 is 0 Å². The van der Waals surface area contributed by atoms with Gasteiger partial charge in [-0.25, -0.2) is 0 Å². The highest BCUT2D eigenvalue weighted by atomic mass is 35.5. The number of amides is 1. The zero-order valence-electron chi connectivity index (χ0n) is 15.1. The van der Waals surface area contributed by atoms with E-state index in [1.165, 1.54) is 11.3 Å².